The molecular formula is C12H13NO. The van der Waals surface area contributed by atoms with Crippen LogP contribution in [0.25, 0.3) is 0 Å². The van der Waals surface area contributed by atoms with Crippen molar-refractivity contribution in [2.75, 3.05) is 6.54 Å². The van der Waals surface area contributed by atoms with Crippen LogP contribution in [0.2, 0.25) is 0 Å². The minimum absolute atomic E-state index is 0.350. The van der Waals surface area contributed by atoms with E-state index in [1.54, 1.807) is 0 Å². The highest BCUT2D eigenvalue weighted by Crippen LogP contribution is 2.02. The van der Waals surface area contributed by atoms with Gasteiger partial charge in [-0.15, -0.1) is 6.42 Å². The molecule has 0 unspecified atom stereocenters. The van der Waals surface area contributed by atoms with Crippen molar-refractivity contribution in [3.63, 3.8) is 0 Å². The van der Waals surface area contributed by atoms with Crippen LogP contribution in [0.1, 0.15) is 11.1 Å². The van der Waals surface area contributed by atoms with Gasteiger partial charge in [-0.05, 0) is 24.8 Å². The van der Waals surface area contributed by atoms with E-state index < -0.39 is 0 Å². The van der Waals surface area contributed by atoms with Crippen molar-refractivity contribution in [2.45, 2.75) is 13.3 Å². The maximum Gasteiger partial charge on any atom is 0.295 e. The van der Waals surface area contributed by atoms with Crippen LogP contribution in [0, 0.1) is 19.3 Å². The van der Waals surface area contributed by atoms with Gasteiger partial charge in [0.05, 0.1) is 0 Å². The van der Waals surface area contributed by atoms with Crippen molar-refractivity contribution in [3.8, 4) is 12.3 Å². The second kappa shape index (κ2) is 5.08. The standard InChI is InChI=1S/C12H13NO/c1-3-12(14)13-9-8-11-6-4-10(2)5-7-11/h1,4-7H,8-9H2,2H3,(H,13,14). The summed E-state index contributed by atoms with van der Waals surface area (Å²) in [6.45, 7) is 2.63. The number of rotatable bonds is 3. The summed E-state index contributed by atoms with van der Waals surface area (Å²) < 4.78 is 0. The first kappa shape index (κ1) is 10.3. The van der Waals surface area contributed by atoms with E-state index in [2.05, 4.69) is 29.6 Å². The summed E-state index contributed by atoms with van der Waals surface area (Å²) in [5, 5.41) is 2.62. The van der Waals surface area contributed by atoms with Crippen molar-refractivity contribution in [1.29, 1.82) is 0 Å². The lowest BCUT2D eigenvalue weighted by molar-refractivity contribution is -0.115. The predicted molar refractivity (Wildman–Crippen MR) is 56.7 cm³/mol. The zero-order valence-corrected chi connectivity index (χ0v) is 8.21. The first-order chi connectivity index (χ1) is 6.72. The third-order valence-corrected chi connectivity index (χ3v) is 1.95. The van der Waals surface area contributed by atoms with Gasteiger partial charge in [0.2, 0.25) is 0 Å². The lowest BCUT2D eigenvalue weighted by atomic mass is 10.1. The topological polar surface area (TPSA) is 29.1 Å². The molecule has 1 N–H and O–H groups in total. The van der Waals surface area contributed by atoms with Crippen molar-refractivity contribution in [1.82, 2.24) is 5.32 Å². The molecule has 72 valence electrons. The minimum atomic E-state index is -0.350. The van der Waals surface area contributed by atoms with E-state index >= 15 is 0 Å². The SMILES string of the molecule is C#CC(=O)NCCc1ccc(C)cc1. The largest absolute Gasteiger partial charge is 0.345 e. The number of carbonyl (C=O) groups excluding carboxylic acids is 1. The highest BCUT2D eigenvalue weighted by atomic mass is 16.1. The number of terminal acetylenes is 1. The molecule has 0 aliphatic rings. The minimum Gasteiger partial charge on any atom is -0.345 e. The van der Waals surface area contributed by atoms with Gasteiger partial charge in [0.1, 0.15) is 0 Å². The van der Waals surface area contributed by atoms with Crippen molar-refractivity contribution >= 4 is 5.91 Å². The highest BCUT2D eigenvalue weighted by molar-refractivity contribution is 5.92. The molecule has 1 rings (SSSR count). The summed E-state index contributed by atoms with van der Waals surface area (Å²) in [6, 6.07) is 8.21. The first-order valence-electron chi connectivity index (χ1n) is 4.52. The number of nitrogens with one attached hydrogen (secondary N) is 1. The summed E-state index contributed by atoms with van der Waals surface area (Å²) in [6.07, 6.45) is 5.72. The normalized spacial score (nSPS) is 9.14. The van der Waals surface area contributed by atoms with E-state index in [1.807, 2.05) is 12.8 Å². The zero-order valence-electron chi connectivity index (χ0n) is 8.21. The maximum atomic E-state index is 10.7. The molecule has 2 nitrogen and oxygen atoms in total. The Bertz CT molecular complexity index is 346. The Hall–Kier alpha value is -1.75. The molecule has 1 amide bonds. The first-order valence-corrected chi connectivity index (χ1v) is 4.52. The van der Waals surface area contributed by atoms with Gasteiger partial charge in [-0.3, -0.25) is 4.79 Å². The number of carbonyl (C=O) groups is 1. The van der Waals surface area contributed by atoms with Gasteiger partial charge < -0.3 is 5.32 Å². The van der Waals surface area contributed by atoms with Gasteiger partial charge in [-0.25, -0.2) is 0 Å². The average Bonchev–Trinajstić information content (AvgIpc) is 2.21. The number of hydrogen-bond donors (Lipinski definition) is 1. The Labute approximate surface area is 84.3 Å². The fourth-order valence-electron chi connectivity index (χ4n) is 1.13. The zero-order chi connectivity index (χ0) is 10.4. The number of hydrogen-bond acceptors (Lipinski definition) is 1. The summed E-state index contributed by atoms with van der Waals surface area (Å²) in [4.78, 5) is 10.7. The molecule has 0 aliphatic heterocycles. The monoisotopic (exact) mass is 187 g/mol. The molecule has 0 radical (unpaired) electrons. The number of amides is 1. The lowest BCUT2D eigenvalue weighted by Crippen LogP contribution is -2.23. The molecule has 0 heterocycles. The van der Waals surface area contributed by atoms with Crippen LogP contribution < -0.4 is 5.32 Å². The Morgan fingerprint density at radius 2 is 2.07 bits per heavy atom. The molecular weight excluding hydrogens is 174 g/mol. The smallest absolute Gasteiger partial charge is 0.295 e. The van der Waals surface area contributed by atoms with Crippen LogP contribution in [0.4, 0.5) is 0 Å². The molecule has 2 heteroatoms. The summed E-state index contributed by atoms with van der Waals surface area (Å²) in [5.74, 6) is 1.66. The van der Waals surface area contributed by atoms with E-state index in [4.69, 9.17) is 6.42 Å². The number of aryl methyl sites for hydroxylation is 1. The van der Waals surface area contributed by atoms with E-state index in [-0.39, 0.29) is 5.91 Å². The van der Waals surface area contributed by atoms with E-state index in [0.29, 0.717) is 6.54 Å². The summed E-state index contributed by atoms with van der Waals surface area (Å²) in [7, 11) is 0. The highest BCUT2D eigenvalue weighted by Gasteiger charge is 1.95. The molecule has 14 heavy (non-hydrogen) atoms. The van der Waals surface area contributed by atoms with Gasteiger partial charge in [0.25, 0.3) is 5.91 Å². The molecule has 0 saturated carbocycles. The fourth-order valence-corrected chi connectivity index (χ4v) is 1.13. The molecule has 0 saturated heterocycles. The van der Waals surface area contributed by atoms with Gasteiger partial charge >= 0.3 is 0 Å². The molecule has 1 aromatic rings. The third-order valence-electron chi connectivity index (χ3n) is 1.95. The second-order valence-electron chi connectivity index (χ2n) is 3.14. The lowest BCUT2D eigenvalue weighted by Gasteiger charge is -2.02. The average molecular weight is 187 g/mol. The summed E-state index contributed by atoms with van der Waals surface area (Å²) in [5.41, 5.74) is 2.44. The predicted octanol–water partition coefficient (Wildman–Crippen LogP) is 1.29. The molecule has 0 aliphatic carbocycles. The van der Waals surface area contributed by atoms with Gasteiger partial charge in [0, 0.05) is 6.54 Å². The van der Waals surface area contributed by atoms with Gasteiger partial charge in [-0.2, -0.15) is 0 Å². The molecule has 1 aromatic carbocycles. The molecule has 0 spiro atoms. The van der Waals surface area contributed by atoms with Crippen LogP contribution in [-0.2, 0) is 11.2 Å². The summed E-state index contributed by atoms with van der Waals surface area (Å²) >= 11 is 0. The van der Waals surface area contributed by atoms with Gasteiger partial charge in [-0.1, -0.05) is 29.8 Å². The third kappa shape index (κ3) is 3.32. The Morgan fingerprint density at radius 1 is 1.43 bits per heavy atom. The van der Waals surface area contributed by atoms with Crippen LogP contribution in [-0.4, -0.2) is 12.5 Å². The van der Waals surface area contributed by atoms with Gasteiger partial charge in [0.15, 0.2) is 0 Å². The second-order valence-corrected chi connectivity index (χ2v) is 3.14. The Balaban J connectivity index is 2.36. The van der Waals surface area contributed by atoms with Crippen LogP contribution in [0.3, 0.4) is 0 Å². The van der Waals surface area contributed by atoms with Crippen LogP contribution in [0.5, 0.6) is 0 Å². The fraction of sp³-hybridized carbons (Fsp3) is 0.250. The maximum absolute atomic E-state index is 10.7. The van der Waals surface area contributed by atoms with Crippen LogP contribution >= 0.6 is 0 Å². The van der Waals surface area contributed by atoms with E-state index in [9.17, 15) is 4.79 Å². The Kier molecular flexibility index (Phi) is 3.75. The molecule has 0 atom stereocenters. The van der Waals surface area contributed by atoms with Crippen molar-refractivity contribution < 1.29 is 4.79 Å². The van der Waals surface area contributed by atoms with Crippen molar-refractivity contribution in [3.05, 3.63) is 35.4 Å². The van der Waals surface area contributed by atoms with E-state index in [1.165, 1.54) is 11.1 Å². The molecule has 0 bridgehead atoms. The number of benzene rings is 1. The van der Waals surface area contributed by atoms with Crippen molar-refractivity contribution in [2.24, 2.45) is 0 Å². The van der Waals surface area contributed by atoms with E-state index in [0.717, 1.165) is 6.42 Å². The quantitative estimate of drug-likeness (QED) is 0.710. The Morgan fingerprint density at radius 3 is 2.64 bits per heavy atom. The molecule has 0 fully saturated rings. The van der Waals surface area contributed by atoms with Crippen LogP contribution in [0.15, 0.2) is 24.3 Å². The molecule has 0 aromatic heterocycles.